The fourth-order valence-corrected chi connectivity index (χ4v) is 2.48. The second kappa shape index (κ2) is 7.81. The van der Waals surface area contributed by atoms with Gasteiger partial charge in [-0.2, -0.15) is 11.8 Å². The lowest BCUT2D eigenvalue weighted by molar-refractivity contribution is 0.250. The Morgan fingerprint density at radius 2 is 1.84 bits per heavy atom. The van der Waals surface area contributed by atoms with Gasteiger partial charge in [-0.25, -0.2) is 0 Å². The van der Waals surface area contributed by atoms with E-state index in [-0.39, 0.29) is 12.0 Å². The van der Waals surface area contributed by atoms with E-state index in [0.29, 0.717) is 5.92 Å². The Morgan fingerprint density at radius 1 is 1.21 bits per heavy atom. The lowest BCUT2D eigenvalue weighted by Crippen LogP contribution is -2.10. The van der Waals surface area contributed by atoms with E-state index in [2.05, 4.69) is 39.8 Å². The molecule has 1 aromatic carbocycles. The summed E-state index contributed by atoms with van der Waals surface area (Å²) in [6.45, 7) is 9.67. The third-order valence-corrected chi connectivity index (χ3v) is 4.19. The number of hydrogen-bond acceptors (Lipinski definition) is 3. The fraction of sp³-hybridized carbons (Fsp3) is 0.625. The first-order chi connectivity index (χ1) is 8.93. The number of ether oxygens (including phenoxy) is 1. The van der Waals surface area contributed by atoms with E-state index in [1.54, 1.807) is 0 Å². The van der Waals surface area contributed by atoms with Gasteiger partial charge in [-0.1, -0.05) is 39.8 Å². The van der Waals surface area contributed by atoms with Crippen molar-refractivity contribution >= 4 is 11.8 Å². The standard InChI is InChI=1S/C16H26O2S/c1-13(11-17)12-19-10-9-18-15-7-5-14(6-8-15)16(2,3)4/h5-8,13,17H,9-12H2,1-4H3. The predicted molar refractivity (Wildman–Crippen MR) is 84.2 cm³/mol. The highest BCUT2D eigenvalue weighted by Gasteiger charge is 2.12. The second-order valence-corrected chi connectivity index (χ2v) is 7.14. The van der Waals surface area contributed by atoms with Gasteiger partial charge in [0.05, 0.1) is 6.61 Å². The van der Waals surface area contributed by atoms with Gasteiger partial charge in [0.25, 0.3) is 0 Å². The molecule has 2 nitrogen and oxygen atoms in total. The lowest BCUT2D eigenvalue weighted by atomic mass is 9.87. The Balaban J connectivity index is 2.27. The molecule has 0 radical (unpaired) electrons. The minimum Gasteiger partial charge on any atom is -0.493 e. The highest BCUT2D eigenvalue weighted by Crippen LogP contribution is 2.24. The van der Waals surface area contributed by atoms with E-state index in [1.165, 1.54) is 5.56 Å². The molecule has 19 heavy (non-hydrogen) atoms. The van der Waals surface area contributed by atoms with Crippen LogP contribution in [0.1, 0.15) is 33.3 Å². The molecule has 0 aliphatic rings. The van der Waals surface area contributed by atoms with Crippen molar-refractivity contribution < 1.29 is 9.84 Å². The van der Waals surface area contributed by atoms with Crippen LogP contribution in [0.5, 0.6) is 5.75 Å². The van der Waals surface area contributed by atoms with Crippen molar-refractivity contribution in [2.24, 2.45) is 5.92 Å². The van der Waals surface area contributed by atoms with Crippen molar-refractivity contribution in [2.45, 2.75) is 33.1 Å². The number of aliphatic hydroxyl groups is 1. The summed E-state index contributed by atoms with van der Waals surface area (Å²) in [5, 5.41) is 8.92. The Kier molecular flexibility index (Phi) is 6.73. The molecule has 0 spiro atoms. The largest absolute Gasteiger partial charge is 0.493 e. The van der Waals surface area contributed by atoms with Crippen LogP contribution in [0.15, 0.2) is 24.3 Å². The van der Waals surface area contributed by atoms with E-state index < -0.39 is 0 Å². The molecule has 108 valence electrons. The zero-order valence-corrected chi connectivity index (χ0v) is 13.3. The van der Waals surface area contributed by atoms with Crippen molar-refractivity contribution in [3.8, 4) is 5.75 Å². The van der Waals surface area contributed by atoms with Crippen LogP contribution in [0.3, 0.4) is 0 Å². The van der Waals surface area contributed by atoms with Gasteiger partial charge in [0.1, 0.15) is 5.75 Å². The molecule has 0 heterocycles. The van der Waals surface area contributed by atoms with Crippen LogP contribution >= 0.6 is 11.8 Å². The van der Waals surface area contributed by atoms with Crippen LogP contribution in [-0.4, -0.2) is 29.8 Å². The zero-order chi connectivity index (χ0) is 14.3. The van der Waals surface area contributed by atoms with Crippen molar-refractivity contribution in [3.63, 3.8) is 0 Å². The van der Waals surface area contributed by atoms with Crippen LogP contribution in [0.25, 0.3) is 0 Å². The predicted octanol–water partition coefficient (Wildman–Crippen LogP) is 3.72. The van der Waals surface area contributed by atoms with Crippen LogP contribution in [-0.2, 0) is 5.41 Å². The number of rotatable bonds is 7. The Morgan fingerprint density at radius 3 is 2.37 bits per heavy atom. The summed E-state index contributed by atoms with van der Waals surface area (Å²) in [5.41, 5.74) is 1.51. The normalized spacial score (nSPS) is 13.3. The molecule has 1 aromatic rings. The first kappa shape index (κ1) is 16.4. The monoisotopic (exact) mass is 282 g/mol. The molecule has 0 saturated heterocycles. The molecule has 0 aromatic heterocycles. The molecule has 1 atom stereocenters. The molecule has 3 heteroatoms. The summed E-state index contributed by atoms with van der Waals surface area (Å²) in [7, 11) is 0. The molecule has 0 fully saturated rings. The highest BCUT2D eigenvalue weighted by molar-refractivity contribution is 7.99. The summed E-state index contributed by atoms with van der Waals surface area (Å²) < 4.78 is 5.71. The maximum Gasteiger partial charge on any atom is 0.119 e. The van der Waals surface area contributed by atoms with Crippen LogP contribution < -0.4 is 4.74 Å². The van der Waals surface area contributed by atoms with E-state index in [9.17, 15) is 0 Å². The smallest absolute Gasteiger partial charge is 0.119 e. The van der Waals surface area contributed by atoms with Crippen molar-refractivity contribution in [3.05, 3.63) is 29.8 Å². The van der Waals surface area contributed by atoms with Gasteiger partial charge >= 0.3 is 0 Å². The number of aliphatic hydroxyl groups excluding tert-OH is 1. The van der Waals surface area contributed by atoms with E-state index >= 15 is 0 Å². The first-order valence-electron chi connectivity index (χ1n) is 6.85. The van der Waals surface area contributed by atoms with Crippen molar-refractivity contribution in [1.29, 1.82) is 0 Å². The van der Waals surface area contributed by atoms with Gasteiger partial charge in [0.2, 0.25) is 0 Å². The molecule has 1 N–H and O–H groups in total. The third-order valence-electron chi connectivity index (χ3n) is 2.93. The van der Waals surface area contributed by atoms with Gasteiger partial charge in [-0.3, -0.25) is 0 Å². The molecular formula is C16H26O2S. The second-order valence-electron chi connectivity index (χ2n) is 5.99. The minimum absolute atomic E-state index is 0.189. The summed E-state index contributed by atoms with van der Waals surface area (Å²) in [6.07, 6.45) is 0. The lowest BCUT2D eigenvalue weighted by Gasteiger charge is -2.19. The first-order valence-corrected chi connectivity index (χ1v) is 8.01. The molecule has 0 saturated carbocycles. The van der Waals surface area contributed by atoms with E-state index in [4.69, 9.17) is 9.84 Å². The Hall–Kier alpha value is -0.670. The summed E-state index contributed by atoms with van der Waals surface area (Å²) in [5.74, 6) is 3.26. The topological polar surface area (TPSA) is 29.5 Å². The minimum atomic E-state index is 0.189. The van der Waals surface area contributed by atoms with Crippen LogP contribution in [0, 0.1) is 5.92 Å². The van der Waals surface area contributed by atoms with E-state index in [1.807, 2.05) is 23.9 Å². The fourth-order valence-electron chi connectivity index (χ4n) is 1.61. The molecule has 1 unspecified atom stereocenters. The third kappa shape index (κ3) is 6.35. The van der Waals surface area contributed by atoms with E-state index in [0.717, 1.165) is 23.9 Å². The number of thioether (sulfide) groups is 1. The van der Waals surface area contributed by atoms with Gasteiger partial charge in [-0.15, -0.1) is 0 Å². The molecule has 0 bridgehead atoms. The zero-order valence-electron chi connectivity index (χ0n) is 12.5. The number of benzene rings is 1. The maximum atomic E-state index is 8.92. The molecule has 0 aliphatic heterocycles. The van der Waals surface area contributed by atoms with Crippen LogP contribution in [0.4, 0.5) is 0 Å². The van der Waals surface area contributed by atoms with Gasteiger partial charge in [0.15, 0.2) is 0 Å². The Labute approximate surface area is 121 Å². The van der Waals surface area contributed by atoms with Crippen molar-refractivity contribution in [1.82, 2.24) is 0 Å². The molecule has 1 rings (SSSR count). The summed E-state index contributed by atoms with van der Waals surface area (Å²) in [6, 6.07) is 8.36. The molecular weight excluding hydrogens is 256 g/mol. The highest BCUT2D eigenvalue weighted by atomic mass is 32.2. The maximum absolute atomic E-state index is 8.92. The Bertz CT molecular complexity index is 354. The number of hydrogen-bond donors (Lipinski definition) is 1. The summed E-state index contributed by atoms with van der Waals surface area (Å²) >= 11 is 1.83. The average molecular weight is 282 g/mol. The molecule has 0 aliphatic carbocycles. The van der Waals surface area contributed by atoms with Crippen molar-refractivity contribution in [2.75, 3.05) is 24.7 Å². The summed E-state index contributed by atoms with van der Waals surface area (Å²) in [4.78, 5) is 0. The van der Waals surface area contributed by atoms with Gasteiger partial charge in [0, 0.05) is 12.4 Å². The van der Waals surface area contributed by atoms with Crippen LogP contribution in [0.2, 0.25) is 0 Å². The SMILES string of the molecule is CC(CO)CSCCOc1ccc(C(C)(C)C)cc1. The van der Waals surface area contributed by atoms with Gasteiger partial charge in [-0.05, 0) is 34.8 Å². The average Bonchev–Trinajstić information content (AvgIpc) is 2.37. The molecule has 0 amide bonds. The quantitative estimate of drug-likeness (QED) is 0.773. The van der Waals surface area contributed by atoms with Gasteiger partial charge < -0.3 is 9.84 Å².